The van der Waals surface area contributed by atoms with E-state index in [1.807, 2.05) is 30.7 Å². The summed E-state index contributed by atoms with van der Waals surface area (Å²) in [6, 6.07) is 14.7. The SMILES string of the molecule is CCN1CCN(c2ccc(NC(=O)/C=C/c3c(C)nn(Cc4ccc(C)cc4)c3C)cc2C)CC1. The molecular weight excluding hydrogens is 434 g/mol. The highest BCUT2D eigenvalue weighted by molar-refractivity contribution is 6.02. The summed E-state index contributed by atoms with van der Waals surface area (Å²) in [4.78, 5) is 17.6. The van der Waals surface area contributed by atoms with Gasteiger partial charge < -0.3 is 15.1 Å². The first-order chi connectivity index (χ1) is 16.8. The van der Waals surface area contributed by atoms with E-state index in [0.29, 0.717) is 6.54 Å². The van der Waals surface area contributed by atoms with Gasteiger partial charge in [0.05, 0.1) is 12.2 Å². The van der Waals surface area contributed by atoms with Crippen LogP contribution in [0.2, 0.25) is 0 Å². The number of hydrogen-bond donors (Lipinski definition) is 1. The van der Waals surface area contributed by atoms with Crippen LogP contribution in [0.25, 0.3) is 6.08 Å². The van der Waals surface area contributed by atoms with Crippen LogP contribution < -0.4 is 10.2 Å². The largest absolute Gasteiger partial charge is 0.369 e. The molecule has 1 aliphatic rings. The van der Waals surface area contributed by atoms with Gasteiger partial charge in [0.1, 0.15) is 0 Å². The molecule has 35 heavy (non-hydrogen) atoms. The van der Waals surface area contributed by atoms with Gasteiger partial charge in [-0.25, -0.2) is 0 Å². The Bertz CT molecular complexity index is 1200. The van der Waals surface area contributed by atoms with Crippen molar-refractivity contribution in [2.75, 3.05) is 42.9 Å². The van der Waals surface area contributed by atoms with Gasteiger partial charge in [-0.05, 0) is 69.6 Å². The zero-order valence-electron chi connectivity index (χ0n) is 21.6. The van der Waals surface area contributed by atoms with Gasteiger partial charge in [-0.3, -0.25) is 9.48 Å². The molecule has 1 aromatic heterocycles. The molecule has 1 aliphatic heterocycles. The molecule has 0 spiro atoms. The molecule has 6 heteroatoms. The van der Waals surface area contributed by atoms with Crippen molar-refractivity contribution in [3.8, 4) is 0 Å². The van der Waals surface area contributed by atoms with E-state index in [9.17, 15) is 4.79 Å². The fourth-order valence-electron chi connectivity index (χ4n) is 4.71. The lowest BCUT2D eigenvalue weighted by Gasteiger charge is -2.36. The van der Waals surface area contributed by atoms with Gasteiger partial charge in [-0.15, -0.1) is 0 Å². The summed E-state index contributed by atoms with van der Waals surface area (Å²) in [5, 5.41) is 7.70. The summed E-state index contributed by atoms with van der Waals surface area (Å²) in [6.07, 6.45) is 3.47. The minimum Gasteiger partial charge on any atom is -0.369 e. The number of anilines is 2. The number of nitrogens with one attached hydrogen (secondary N) is 1. The molecule has 1 fully saturated rings. The second-order valence-corrected chi connectivity index (χ2v) is 9.47. The van der Waals surface area contributed by atoms with Crippen LogP contribution in [0.3, 0.4) is 0 Å². The minimum absolute atomic E-state index is 0.140. The van der Waals surface area contributed by atoms with Crippen molar-refractivity contribution in [1.29, 1.82) is 0 Å². The van der Waals surface area contributed by atoms with Gasteiger partial charge in [0.2, 0.25) is 5.91 Å². The van der Waals surface area contributed by atoms with Crippen LogP contribution in [0.15, 0.2) is 48.5 Å². The standard InChI is InChI=1S/C29H37N5O/c1-6-32-15-17-33(18-16-32)28-13-11-26(19-22(28)3)30-29(35)14-12-27-23(4)31-34(24(27)5)20-25-9-7-21(2)8-10-25/h7-14,19H,6,15-18,20H2,1-5H3,(H,30,35)/b14-12+. The van der Waals surface area contributed by atoms with Crippen LogP contribution in [-0.4, -0.2) is 53.3 Å². The van der Waals surface area contributed by atoms with Crippen LogP contribution in [0.5, 0.6) is 0 Å². The summed E-state index contributed by atoms with van der Waals surface area (Å²) in [6.45, 7) is 16.6. The predicted molar refractivity (Wildman–Crippen MR) is 145 cm³/mol. The van der Waals surface area contributed by atoms with Crippen molar-refractivity contribution >= 4 is 23.4 Å². The molecule has 1 N–H and O–H groups in total. The minimum atomic E-state index is -0.140. The Morgan fingerprint density at radius 3 is 2.37 bits per heavy atom. The average Bonchev–Trinajstić information content (AvgIpc) is 3.11. The third-order valence-electron chi connectivity index (χ3n) is 6.92. The second-order valence-electron chi connectivity index (χ2n) is 9.47. The van der Waals surface area contributed by atoms with Crippen LogP contribution in [0.4, 0.5) is 11.4 Å². The highest BCUT2D eigenvalue weighted by atomic mass is 16.1. The molecule has 0 aliphatic carbocycles. The van der Waals surface area contributed by atoms with Crippen LogP contribution >= 0.6 is 0 Å². The smallest absolute Gasteiger partial charge is 0.248 e. The van der Waals surface area contributed by atoms with E-state index >= 15 is 0 Å². The van der Waals surface area contributed by atoms with Crippen molar-refractivity contribution in [2.24, 2.45) is 0 Å². The number of amides is 1. The highest BCUT2D eigenvalue weighted by Crippen LogP contribution is 2.25. The van der Waals surface area contributed by atoms with E-state index in [2.05, 4.69) is 72.3 Å². The Morgan fingerprint density at radius 1 is 1.00 bits per heavy atom. The quantitative estimate of drug-likeness (QED) is 0.495. The first kappa shape index (κ1) is 24.7. The van der Waals surface area contributed by atoms with Crippen molar-refractivity contribution in [3.63, 3.8) is 0 Å². The monoisotopic (exact) mass is 471 g/mol. The Hall–Kier alpha value is -3.38. The van der Waals surface area contributed by atoms with Crippen LogP contribution in [0.1, 0.15) is 40.6 Å². The molecule has 0 bridgehead atoms. The molecule has 0 atom stereocenters. The molecule has 0 radical (unpaired) electrons. The Kier molecular flexibility index (Phi) is 7.71. The molecule has 1 saturated heterocycles. The number of hydrogen-bond acceptors (Lipinski definition) is 4. The first-order valence-electron chi connectivity index (χ1n) is 12.5. The van der Waals surface area contributed by atoms with E-state index in [-0.39, 0.29) is 5.91 Å². The maximum absolute atomic E-state index is 12.7. The van der Waals surface area contributed by atoms with Crippen molar-refractivity contribution in [3.05, 3.63) is 82.2 Å². The highest BCUT2D eigenvalue weighted by Gasteiger charge is 2.17. The number of nitrogens with zero attached hydrogens (tertiary/aromatic N) is 4. The molecule has 3 aromatic rings. The van der Waals surface area contributed by atoms with E-state index in [1.165, 1.54) is 22.4 Å². The third kappa shape index (κ3) is 6.01. The number of likely N-dealkylation sites (N-methyl/N-ethyl adjacent to an activating group) is 1. The van der Waals surface area contributed by atoms with Gasteiger partial charge in [0.25, 0.3) is 0 Å². The molecule has 0 saturated carbocycles. The topological polar surface area (TPSA) is 53.4 Å². The van der Waals surface area contributed by atoms with Gasteiger partial charge >= 0.3 is 0 Å². The van der Waals surface area contributed by atoms with Crippen molar-refractivity contribution < 1.29 is 4.79 Å². The zero-order chi connectivity index (χ0) is 24.9. The van der Waals surface area contributed by atoms with Gasteiger partial charge in [-0.2, -0.15) is 5.10 Å². The lowest BCUT2D eigenvalue weighted by molar-refractivity contribution is -0.111. The van der Waals surface area contributed by atoms with Crippen molar-refractivity contribution in [1.82, 2.24) is 14.7 Å². The van der Waals surface area contributed by atoms with E-state index in [4.69, 9.17) is 5.10 Å². The maximum Gasteiger partial charge on any atom is 0.248 e. The van der Waals surface area contributed by atoms with E-state index < -0.39 is 0 Å². The molecule has 2 heterocycles. The predicted octanol–water partition coefficient (Wildman–Crippen LogP) is 4.96. The third-order valence-corrected chi connectivity index (χ3v) is 6.92. The molecule has 0 unspecified atom stereocenters. The average molecular weight is 472 g/mol. The van der Waals surface area contributed by atoms with Crippen LogP contribution in [-0.2, 0) is 11.3 Å². The normalized spacial score (nSPS) is 14.6. The van der Waals surface area contributed by atoms with Crippen LogP contribution in [0, 0.1) is 27.7 Å². The summed E-state index contributed by atoms with van der Waals surface area (Å²) < 4.78 is 2.00. The van der Waals surface area contributed by atoms with E-state index in [0.717, 1.165) is 55.4 Å². The maximum atomic E-state index is 12.7. The molecule has 6 nitrogen and oxygen atoms in total. The lowest BCUT2D eigenvalue weighted by Crippen LogP contribution is -2.46. The Morgan fingerprint density at radius 2 is 1.71 bits per heavy atom. The zero-order valence-corrected chi connectivity index (χ0v) is 21.6. The van der Waals surface area contributed by atoms with Gasteiger partial charge in [0.15, 0.2) is 0 Å². The Labute approximate surface area is 209 Å². The number of carbonyl (C=O) groups excluding carboxylic acids is 1. The number of piperazine rings is 1. The summed E-state index contributed by atoms with van der Waals surface area (Å²) in [7, 11) is 0. The first-order valence-corrected chi connectivity index (χ1v) is 12.5. The van der Waals surface area contributed by atoms with E-state index in [1.54, 1.807) is 6.08 Å². The molecule has 184 valence electrons. The number of benzene rings is 2. The van der Waals surface area contributed by atoms with Gasteiger partial charge in [-0.1, -0.05) is 36.8 Å². The molecule has 2 aromatic carbocycles. The lowest BCUT2D eigenvalue weighted by atomic mass is 10.1. The summed E-state index contributed by atoms with van der Waals surface area (Å²) in [5.74, 6) is -0.140. The summed E-state index contributed by atoms with van der Waals surface area (Å²) in [5.41, 5.74) is 8.67. The number of carbonyl (C=O) groups is 1. The molecular formula is C29H37N5O. The molecule has 1 amide bonds. The fourth-order valence-corrected chi connectivity index (χ4v) is 4.71. The summed E-state index contributed by atoms with van der Waals surface area (Å²) >= 11 is 0. The van der Waals surface area contributed by atoms with Crippen molar-refractivity contribution in [2.45, 2.75) is 41.2 Å². The number of aryl methyl sites for hydroxylation is 3. The van der Waals surface area contributed by atoms with Gasteiger partial charge in [0, 0.05) is 54.9 Å². The molecule has 4 rings (SSSR count). The fraction of sp³-hybridized carbons (Fsp3) is 0.379. The number of rotatable bonds is 7. The number of aromatic nitrogens is 2. The second kappa shape index (κ2) is 10.9. The Balaban J connectivity index is 1.39.